The van der Waals surface area contributed by atoms with Crippen molar-refractivity contribution in [1.29, 1.82) is 0 Å². The van der Waals surface area contributed by atoms with Gasteiger partial charge in [0, 0.05) is 6.42 Å². The van der Waals surface area contributed by atoms with E-state index < -0.39 is 0 Å². The van der Waals surface area contributed by atoms with Crippen LogP contribution in [0.3, 0.4) is 0 Å². The molecule has 1 aromatic heterocycles. The fourth-order valence-electron chi connectivity index (χ4n) is 1.20. The van der Waals surface area contributed by atoms with Crippen molar-refractivity contribution in [3.8, 4) is 0 Å². The molecule has 0 atom stereocenters. The Labute approximate surface area is 106 Å². The SMILES string of the molecule is CCC(=O)Nc1nc2ccc(Cl)c(Cl)c2s1. The van der Waals surface area contributed by atoms with Crippen LogP contribution in [0.15, 0.2) is 12.1 Å². The highest BCUT2D eigenvalue weighted by Gasteiger charge is 2.11. The first-order valence-electron chi connectivity index (χ1n) is 4.66. The van der Waals surface area contributed by atoms with Crippen molar-refractivity contribution in [2.24, 2.45) is 0 Å². The molecule has 16 heavy (non-hydrogen) atoms. The monoisotopic (exact) mass is 274 g/mol. The molecule has 6 heteroatoms. The quantitative estimate of drug-likeness (QED) is 0.901. The summed E-state index contributed by atoms with van der Waals surface area (Å²) >= 11 is 13.2. The molecule has 1 heterocycles. The third-order valence-electron chi connectivity index (χ3n) is 2.02. The minimum absolute atomic E-state index is 0.0683. The van der Waals surface area contributed by atoms with Crippen LogP contribution in [0.5, 0.6) is 0 Å². The summed E-state index contributed by atoms with van der Waals surface area (Å²) in [4.78, 5) is 15.5. The van der Waals surface area contributed by atoms with Gasteiger partial charge in [-0.1, -0.05) is 41.5 Å². The molecule has 84 valence electrons. The van der Waals surface area contributed by atoms with Gasteiger partial charge in [0.25, 0.3) is 0 Å². The lowest BCUT2D eigenvalue weighted by Gasteiger charge is -1.95. The van der Waals surface area contributed by atoms with E-state index >= 15 is 0 Å². The third-order valence-corrected chi connectivity index (χ3v) is 3.94. The van der Waals surface area contributed by atoms with Crippen LogP contribution < -0.4 is 5.32 Å². The molecular formula is C10H8Cl2N2OS. The number of aromatic nitrogens is 1. The number of fused-ring (bicyclic) bond motifs is 1. The number of hydrogen-bond acceptors (Lipinski definition) is 3. The molecule has 2 aromatic rings. The highest BCUT2D eigenvalue weighted by molar-refractivity contribution is 7.23. The maximum absolute atomic E-state index is 11.2. The van der Waals surface area contributed by atoms with E-state index in [-0.39, 0.29) is 5.91 Å². The van der Waals surface area contributed by atoms with E-state index in [1.165, 1.54) is 11.3 Å². The Kier molecular flexibility index (Phi) is 3.33. The van der Waals surface area contributed by atoms with E-state index in [0.717, 1.165) is 10.2 Å². The molecule has 0 aliphatic heterocycles. The number of carbonyl (C=O) groups excluding carboxylic acids is 1. The van der Waals surface area contributed by atoms with Gasteiger partial charge >= 0.3 is 0 Å². The van der Waals surface area contributed by atoms with E-state index in [2.05, 4.69) is 10.3 Å². The maximum atomic E-state index is 11.2. The average molecular weight is 275 g/mol. The number of halogens is 2. The second-order valence-electron chi connectivity index (χ2n) is 3.13. The van der Waals surface area contributed by atoms with E-state index in [9.17, 15) is 4.79 Å². The number of anilines is 1. The first kappa shape index (κ1) is 11.6. The van der Waals surface area contributed by atoms with Crippen molar-refractivity contribution in [1.82, 2.24) is 4.98 Å². The van der Waals surface area contributed by atoms with Gasteiger partial charge < -0.3 is 5.32 Å². The Morgan fingerprint density at radius 1 is 1.50 bits per heavy atom. The van der Waals surface area contributed by atoms with Crippen LogP contribution in [0, 0.1) is 0 Å². The first-order valence-corrected chi connectivity index (χ1v) is 6.23. The van der Waals surface area contributed by atoms with Crippen molar-refractivity contribution in [2.75, 3.05) is 5.32 Å². The molecule has 0 fully saturated rings. The maximum Gasteiger partial charge on any atom is 0.225 e. The minimum atomic E-state index is -0.0683. The number of nitrogens with one attached hydrogen (secondary N) is 1. The average Bonchev–Trinajstić information content (AvgIpc) is 2.67. The second kappa shape index (κ2) is 4.57. The van der Waals surface area contributed by atoms with E-state index in [0.29, 0.717) is 21.6 Å². The summed E-state index contributed by atoms with van der Waals surface area (Å²) in [6, 6.07) is 3.47. The third kappa shape index (κ3) is 2.14. The molecular weight excluding hydrogens is 267 g/mol. The summed E-state index contributed by atoms with van der Waals surface area (Å²) in [6.07, 6.45) is 0.421. The summed E-state index contributed by atoms with van der Waals surface area (Å²) < 4.78 is 0.792. The molecule has 1 aromatic carbocycles. The molecule has 1 amide bonds. The predicted octanol–water partition coefficient (Wildman–Crippen LogP) is 3.95. The van der Waals surface area contributed by atoms with Gasteiger partial charge in [-0.05, 0) is 12.1 Å². The number of nitrogens with zero attached hydrogens (tertiary/aromatic N) is 1. The largest absolute Gasteiger partial charge is 0.302 e. The van der Waals surface area contributed by atoms with Crippen molar-refractivity contribution in [2.45, 2.75) is 13.3 Å². The van der Waals surface area contributed by atoms with Crippen LogP contribution >= 0.6 is 34.5 Å². The predicted molar refractivity (Wildman–Crippen MR) is 68.6 cm³/mol. The number of hydrogen-bond donors (Lipinski definition) is 1. The second-order valence-corrected chi connectivity index (χ2v) is 4.91. The number of thiazole rings is 1. The minimum Gasteiger partial charge on any atom is -0.302 e. The van der Waals surface area contributed by atoms with Crippen molar-refractivity contribution in [3.05, 3.63) is 22.2 Å². The topological polar surface area (TPSA) is 42.0 Å². The van der Waals surface area contributed by atoms with Gasteiger partial charge in [-0.25, -0.2) is 4.98 Å². The number of carbonyl (C=O) groups is 1. The summed E-state index contributed by atoms with van der Waals surface area (Å²) in [5, 5.41) is 4.21. The van der Waals surface area contributed by atoms with Gasteiger partial charge in [-0.15, -0.1) is 0 Å². The Balaban J connectivity index is 2.44. The molecule has 0 radical (unpaired) electrons. The number of benzene rings is 1. The Hall–Kier alpha value is -0.840. The van der Waals surface area contributed by atoms with Crippen LogP contribution in [0.4, 0.5) is 5.13 Å². The Bertz CT molecular complexity index is 553. The van der Waals surface area contributed by atoms with Gasteiger partial charge in [0.15, 0.2) is 5.13 Å². The summed E-state index contributed by atoms with van der Waals surface area (Å²) in [6.45, 7) is 1.78. The molecule has 0 unspecified atom stereocenters. The molecule has 0 saturated carbocycles. The lowest BCUT2D eigenvalue weighted by atomic mass is 10.3. The van der Waals surface area contributed by atoms with Crippen molar-refractivity contribution in [3.63, 3.8) is 0 Å². The molecule has 0 spiro atoms. The van der Waals surface area contributed by atoms with Crippen LogP contribution in [0.25, 0.3) is 10.2 Å². The highest BCUT2D eigenvalue weighted by Crippen LogP contribution is 2.36. The van der Waals surface area contributed by atoms with Gasteiger partial charge in [0.2, 0.25) is 5.91 Å². The van der Waals surface area contributed by atoms with E-state index in [4.69, 9.17) is 23.2 Å². The van der Waals surface area contributed by atoms with Crippen LogP contribution in [-0.4, -0.2) is 10.9 Å². The van der Waals surface area contributed by atoms with Gasteiger partial charge in [0.1, 0.15) is 0 Å². The molecule has 0 aliphatic carbocycles. The van der Waals surface area contributed by atoms with Gasteiger partial charge in [0.05, 0.1) is 20.3 Å². The number of rotatable bonds is 2. The lowest BCUT2D eigenvalue weighted by Crippen LogP contribution is -2.08. The Morgan fingerprint density at radius 3 is 2.94 bits per heavy atom. The lowest BCUT2D eigenvalue weighted by molar-refractivity contribution is -0.115. The number of amides is 1. The van der Waals surface area contributed by atoms with Crippen LogP contribution in [0.2, 0.25) is 10.0 Å². The van der Waals surface area contributed by atoms with Crippen molar-refractivity contribution >= 4 is 55.8 Å². The fraction of sp³-hybridized carbons (Fsp3) is 0.200. The smallest absolute Gasteiger partial charge is 0.225 e. The molecule has 0 aliphatic rings. The Morgan fingerprint density at radius 2 is 2.25 bits per heavy atom. The molecule has 1 N–H and O–H groups in total. The normalized spacial score (nSPS) is 10.7. The van der Waals surface area contributed by atoms with Crippen molar-refractivity contribution < 1.29 is 4.79 Å². The summed E-state index contributed by atoms with van der Waals surface area (Å²) in [5.41, 5.74) is 0.741. The first-order chi connectivity index (χ1) is 7.61. The standard InChI is InChI=1S/C10H8Cl2N2OS/c1-2-7(15)14-10-13-6-4-3-5(11)8(12)9(6)16-10/h3-4H,2H2,1H3,(H,13,14,15). The molecule has 2 rings (SSSR count). The summed E-state index contributed by atoms with van der Waals surface area (Å²) in [5.74, 6) is -0.0683. The zero-order chi connectivity index (χ0) is 11.7. The summed E-state index contributed by atoms with van der Waals surface area (Å²) in [7, 11) is 0. The van der Waals surface area contributed by atoms with Crippen LogP contribution in [-0.2, 0) is 4.79 Å². The zero-order valence-electron chi connectivity index (χ0n) is 8.38. The highest BCUT2D eigenvalue weighted by atomic mass is 35.5. The van der Waals surface area contributed by atoms with E-state index in [1.807, 2.05) is 0 Å². The van der Waals surface area contributed by atoms with E-state index in [1.54, 1.807) is 19.1 Å². The van der Waals surface area contributed by atoms with Gasteiger partial charge in [-0.2, -0.15) is 0 Å². The molecule has 0 bridgehead atoms. The van der Waals surface area contributed by atoms with Crippen LogP contribution in [0.1, 0.15) is 13.3 Å². The van der Waals surface area contributed by atoms with Gasteiger partial charge in [-0.3, -0.25) is 4.79 Å². The molecule has 0 saturated heterocycles. The fourth-order valence-corrected chi connectivity index (χ4v) is 2.61. The zero-order valence-corrected chi connectivity index (χ0v) is 10.7. The molecule has 3 nitrogen and oxygen atoms in total.